The van der Waals surface area contributed by atoms with Crippen LogP contribution in [0.15, 0.2) is 29.6 Å². The van der Waals surface area contributed by atoms with Crippen molar-refractivity contribution in [2.24, 2.45) is 0 Å². The Hall–Kier alpha value is -0.0931. The van der Waals surface area contributed by atoms with Crippen LogP contribution >= 0.6 is 34.3 Å². The normalized spacial score (nSPS) is 11.9. The third-order valence-corrected chi connectivity index (χ3v) is 10.5. The Morgan fingerprint density at radius 2 is 2.00 bits per heavy atom. The smallest absolute Gasteiger partial charge is 0.108 e. The van der Waals surface area contributed by atoms with Gasteiger partial charge >= 0.3 is 0 Å². The maximum absolute atomic E-state index is 6.03. The van der Waals surface area contributed by atoms with Crippen LogP contribution in [-0.2, 0) is 0 Å². The molecular weight excluding hydrogens is 260 g/mol. The van der Waals surface area contributed by atoms with E-state index in [9.17, 15) is 0 Å². The Labute approximate surface area is 105 Å². The molecule has 0 atom stereocenters. The van der Waals surface area contributed by atoms with Crippen molar-refractivity contribution in [1.82, 2.24) is 0 Å². The minimum atomic E-state index is -1.36. The van der Waals surface area contributed by atoms with Crippen LogP contribution in [0.1, 0.15) is 0 Å². The van der Waals surface area contributed by atoms with Crippen LogP contribution in [0, 0.1) is 0 Å². The zero-order valence-corrected chi connectivity index (χ0v) is 12.2. The Bertz CT molecular complexity index is 431. The molecule has 0 N–H and O–H groups in total. The molecule has 2 heterocycles. The van der Waals surface area contributed by atoms with Gasteiger partial charge in [-0.05, 0) is 22.0 Å². The second-order valence-corrected chi connectivity index (χ2v) is 11.9. The van der Waals surface area contributed by atoms with Gasteiger partial charge in [-0.1, -0.05) is 25.2 Å². The molecular formula is C11H13ClS2Si. The number of halogens is 1. The first-order chi connectivity index (χ1) is 7.13. The number of rotatable bonds is 3. The minimum absolute atomic E-state index is 0.803. The van der Waals surface area contributed by atoms with E-state index in [1.54, 1.807) is 11.3 Å². The first-order valence-corrected chi connectivity index (χ1v) is 10.3. The van der Waals surface area contributed by atoms with Gasteiger partial charge in [0, 0.05) is 15.3 Å². The maximum Gasteiger partial charge on any atom is 0.108 e. The topological polar surface area (TPSA) is 0 Å². The Morgan fingerprint density at radius 3 is 2.60 bits per heavy atom. The molecule has 0 aliphatic heterocycles. The number of thiophene rings is 2. The summed E-state index contributed by atoms with van der Waals surface area (Å²) in [6, 6.07) is 8.76. The van der Waals surface area contributed by atoms with Gasteiger partial charge in [-0.2, -0.15) is 0 Å². The highest BCUT2D eigenvalue weighted by atomic mass is 35.5. The molecule has 4 heteroatoms. The molecule has 0 aliphatic rings. The predicted molar refractivity (Wildman–Crippen MR) is 75.5 cm³/mol. The molecule has 0 unspecified atom stereocenters. The summed E-state index contributed by atoms with van der Waals surface area (Å²) < 4.78 is 1.50. The van der Waals surface area contributed by atoms with E-state index in [1.165, 1.54) is 14.3 Å². The predicted octanol–water partition coefficient (Wildman–Crippen LogP) is 4.17. The maximum atomic E-state index is 6.03. The third kappa shape index (κ3) is 2.36. The van der Waals surface area contributed by atoms with Gasteiger partial charge in [0.1, 0.15) is 8.07 Å². The largest absolute Gasteiger partial charge is 0.144 e. The lowest BCUT2D eigenvalue weighted by molar-refractivity contribution is 1.74. The molecule has 0 amide bonds. The van der Waals surface area contributed by atoms with Gasteiger partial charge in [-0.15, -0.1) is 34.3 Å². The zero-order valence-electron chi connectivity index (χ0n) is 8.79. The van der Waals surface area contributed by atoms with Crippen molar-refractivity contribution in [2.45, 2.75) is 13.1 Å². The van der Waals surface area contributed by atoms with Crippen LogP contribution < -0.4 is 4.50 Å². The van der Waals surface area contributed by atoms with Crippen molar-refractivity contribution in [3.05, 3.63) is 29.6 Å². The molecule has 0 spiro atoms. The number of hydrogen-bond donors (Lipinski definition) is 0. The molecule has 0 saturated carbocycles. The molecule has 0 nitrogen and oxygen atoms in total. The monoisotopic (exact) mass is 272 g/mol. The van der Waals surface area contributed by atoms with Crippen molar-refractivity contribution in [3.8, 4) is 9.75 Å². The molecule has 80 valence electrons. The van der Waals surface area contributed by atoms with E-state index in [2.05, 4.69) is 42.7 Å². The van der Waals surface area contributed by atoms with Crippen LogP contribution in [0.3, 0.4) is 0 Å². The van der Waals surface area contributed by atoms with Gasteiger partial charge < -0.3 is 0 Å². The van der Waals surface area contributed by atoms with E-state index in [4.69, 9.17) is 11.6 Å². The molecule has 0 bridgehead atoms. The van der Waals surface area contributed by atoms with Crippen LogP contribution in [0.2, 0.25) is 13.1 Å². The van der Waals surface area contributed by atoms with Crippen LogP contribution in [0.4, 0.5) is 0 Å². The highest BCUT2D eigenvalue weighted by Crippen LogP contribution is 2.29. The average Bonchev–Trinajstić information content (AvgIpc) is 2.88. The van der Waals surface area contributed by atoms with Crippen LogP contribution in [0.5, 0.6) is 0 Å². The van der Waals surface area contributed by atoms with Gasteiger partial charge in [-0.3, -0.25) is 0 Å². The molecule has 2 aromatic rings. The van der Waals surface area contributed by atoms with Crippen molar-refractivity contribution in [1.29, 1.82) is 0 Å². The van der Waals surface area contributed by atoms with Gasteiger partial charge in [-0.25, -0.2) is 0 Å². The second-order valence-electron chi connectivity index (χ2n) is 4.16. The Morgan fingerprint density at radius 1 is 1.20 bits per heavy atom. The van der Waals surface area contributed by atoms with Crippen molar-refractivity contribution in [3.63, 3.8) is 0 Å². The highest BCUT2D eigenvalue weighted by molar-refractivity contribution is 7.31. The summed E-state index contributed by atoms with van der Waals surface area (Å²) in [6.07, 6.45) is 0. The minimum Gasteiger partial charge on any atom is -0.144 e. The molecule has 2 aromatic heterocycles. The Kier molecular flexibility index (Phi) is 3.35. The van der Waals surface area contributed by atoms with Gasteiger partial charge in [0.25, 0.3) is 0 Å². The summed E-state index contributed by atoms with van der Waals surface area (Å²) in [5, 5.41) is 2.12. The lowest BCUT2D eigenvalue weighted by atomic mass is 10.4. The average molecular weight is 273 g/mol. The van der Waals surface area contributed by atoms with E-state index >= 15 is 0 Å². The Balaban J connectivity index is 2.33. The first kappa shape index (κ1) is 11.4. The molecule has 0 aromatic carbocycles. The summed E-state index contributed by atoms with van der Waals surface area (Å²) in [6.45, 7) is 4.65. The van der Waals surface area contributed by atoms with E-state index in [-0.39, 0.29) is 0 Å². The fourth-order valence-corrected chi connectivity index (χ4v) is 5.90. The SMILES string of the molecule is C[Si](C)(CCl)c1ccc(-c2cccs2)s1. The molecule has 0 aliphatic carbocycles. The van der Waals surface area contributed by atoms with Gasteiger partial charge in [0.15, 0.2) is 0 Å². The molecule has 0 saturated heterocycles. The molecule has 0 fully saturated rings. The lowest BCUT2D eigenvalue weighted by Gasteiger charge is -2.15. The lowest BCUT2D eigenvalue weighted by Crippen LogP contribution is -2.41. The van der Waals surface area contributed by atoms with E-state index in [0.717, 1.165) is 5.50 Å². The summed E-state index contributed by atoms with van der Waals surface area (Å²) in [5.74, 6) is 0. The van der Waals surface area contributed by atoms with E-state index in [0.29, 0.717) is 0 Å². The van der Waals surface area contributed by atoms with Crippen molar-refractivity contribution >= 4 is 46.8 Å². The standard InChI is InChI=1S/C11H13ClS2Si/c1-15(2,8-12)11-6-5-10(14-11)9-4-3-7-13-9/h3-7H,8H2,1-2H3. The van der Waals surface area contributed by atoms with Gasteiger partial charge in [0.05, 0.1) is 0 Å². The van der Waals surface area contributed by atoms with Crippen LogP contribution in [0.25, 0.3) is 9.75 Å². The third-order valence-electron chi connectivity index (χ3n) is 2.37. The van der Waals surface area contributed by atoms with Crippen molar-refractivity contribution < 1.29 is 0 Å². The first-order valence-electron chi connectivity index (χ1n) is 4.83. The number of alkyl halides is 1. The summed E-state index contributed by atoms with van der Waals surface area (Å²) in [5.41, 5.74) is 0.803. The zero-order chi connectivity index (χ0) is 10.9. The molecule has 2 rings (SSSR count). The van der Waals surface area contributed by atoms with Crippen LogP contribution in [-0.4, -0.2) is 13.6 Å². The summed E-state index contributed by atoms with van der Waals surface area (Å²) >= 11 is 9.74. The number of hydrogen-bond acceptors (Lipinski definition) is 2. The van der Waals surface area contributed by atoms with Crippen molar-refractivity contribution in [2.75, 3.05) is 5.50 Å². The highest BCUT2D eigenvalue weighted by Gasteiger charge is 2.24. The quantitative estimate of drug-likeness (QED) is 0.581. The summed E-state index contributed by atoms with van der Waals surface area (Å²) in [4.78, 5) is 2.75. The fraction of sp³-hybridized carbons (Fsp3) is 0.273. The van der Waals surface area contributed by atoms with E-state index in [1.807, 2.05) is 11.3 Å². The van der Waals surface area contributed by atoms with Gasteiger partial charge in [0.2, 0.25) is 0 Å². The fourth-order valence-electron chi connectivity index (χ4n) is 1.32. The molecule has 15 heavy (non-hydrogen) atoms. The molecule has 0 radical (unpaired) electrons. The second kappa shape index (κ2) is 4.42. The summed E-state index contributed by atoms with van der Waals surface area (Å²) in [7, 11) is -1.36. The van der Waals surface area contributed by atoms with E-state index < -0.39 is 8.07 Å².